The number of nitrogens with one attached hydrogen (secondary N) is 2. The van der Waals surface area contributed by atoms with Gasteiger partial charge in [-0.3, -0.25) is 4.99 Å². The maximum atomic E-state index is 4.66. The van der Waals surface area contributed by atoms with Crippen molar-refractivity contribution in [2.45, 2.75) is 33.2 Å². The SMILES string of the molecule is CCc1nc(CCNC(=NC)NCCn2cccc2)sc1C. The van der Waals surface area contributed by atoms with E-state index in [-0.39, 0.29) is 0 Å². The third-order valence-electron chi connectivity index (χ3n) is 3.46. The van der Waals surface area contributed by atoms with E-state index in [1.807, 2.05) is 12.1 Å². The van der Waals surface area contributed by atoms with Gasteiger partial charge >= 0.3 is 0 Å². The number of hydrogen-bond donors (Lipinski definition) is 2. The summed E-state index contributed by atoms with van der Waals surface area (Å²) in [5.74, 6) is 0.844. The lowest BCUT2D eigenvalue weighted by Crippen LogP contribution is -2.39. The predicted molar refractivity (Wildman–Crippen MR) is 93.7 cm³/mol. The van der Waals surface area contributed by atoms with E-state index < -0.39 is 0 Å². The molecule has 0 radical (unpaired) electrons. The third-order valence-corrected chi connectivity index (χ3v) is 4.53. The molecule has 22 heavy (non-hydrogen) atoms. The Kier molecular flexibility index (Phi) is 6.45. The quantitative estimate of drug-likeness (QED) is 0.608. The number of rotatable bonds is 7. The molecule has 0 saturated carbocycles. The molecule has 0 aliphatic heterocycles. The maximum Gasteiger partial charge on any atom is 0.191 e. The molecule has 0 amide bonds. The van der Waals surface area contributed by atoms with Gasteiger partial charge in [-0.15, -0.1) is 11.3 Å². The molecular formula is C16H25N5S. The molecule has 0 saturated heterocycles. The predicted octanol–water partition coefficient (Wildman–Crippen LogP) is 2.22. The Morgan fingerprint density at radius 1 is 1.27 bits per heavy atom. The summed E-state index contributed by atoms with van der Waals surface area (Å²) in [5.41, 5.74) is 1.23. The monoisotopic (exact) mass is 319 g/mol. The summed E-state index contributed by atoms with van der Waals surface area (Å²) in [7, 11) is 1.80. The van der Waals surface area contributed by atoms with Crippen LogP contribution < -0.4 is 10.6 Å². The normalized spacial score (nSPS) is 11.7. The van der Waals surface area contributed by atoms with Crippen LogP contribution in [-0.2, 0) is 19.4 Å². The van der Waals surface area contributed by atoms with Crippen molar-refractivity contribution in [1.29, 1.82) is 0 Å². The van der Waals surface area contributed by atoms with Gasteiger partial charge in [0.25, 0.3) is 0 Å². The van der Waals surface area contributed by atoms with E-state index in [2.05, 4.69) is 51.4 Å². The summed E-state index contributed by atoms with van der Waals surface area (Å²) in [4.78, 5) is 10.2. The first-order chi connectivity index (χ1) is 10.7. The fourth-order valence-electron chi connectivity index (χ4n) is 2.25. The van der Waals surface area contributed by atoms with Gasteiger partial charge < -0.3 is 15.2 Å². The van der Waals surface area contributed by atoms with E-state index in [1.165, 1.54) is 15.6 Å². The number of guanidine groups is 1. The van der Waals surface area contributed by atoms with Gasteiger partial charge in [-0.05, 0) is 25.5 Å². The molecule has 0 aliphatic carbocycles. The minimum absolute atomic E-state index is 0.844. The van der Waals surface area contributed by atoms with Crippen molar-refractivity contribution in [1.82, 2.24) is 20.2 Å². The van der Waals surface area contributed by atoms with Gasteiger partial charge in [0.05, 0.1) is 10.7 Å². The number of aromatic nitrogens is 2. The molecule has 2 rings (SSSR count). The third kappa shape index (κ3) is 4.87. The Morgan fingerprint density at radius 2 is 2.00 bits per heavy atom. The smallest absolute Gasteiger partial charge is 0.191 e. The van der Waals surface area contributed by atoms with Gasteiger partial charge in [-0.1, -0.05) is 6.92 Å². The van der Waals surface area contributed by atoms with Crippen molar-refractivity contribution in [3.05, 3.63) is 40.1 Å². The second-order valence-corrected chi connectivity index (χ2v) is 6.35. The van der Waals surface area contributed by atoms with Crippen molar-refractivity contribution in [2.24, 2.45) is 4.99 Å². The molecule has 0 aromatic carbocycles. The molecule has 0 unspecified atom stereocenters. The molecule has 2 aromatic rings. The minimum atomic E-state index is 0.844. The lowest BCUT2D eigenvalue weighted by molar-refractivity contribution is 0.665. The molecule has 0 aliphatic rings. The number of nitrogens with zero attached hydrogens (tertiary/aromatic N) is 3. The Labute approximate surface area is 136 Å². The fourth-order valence-corrected chi connectivity index (χ4v) is 3.27. The molecule has 2 N–H and O–H groups in total. The highest BCUT2D eigenvalue weighted by molar-refractivity contribution is 7.11. The zero-order chi connectivity index (χ0) is 15.8. The highest BCUT2D eigenvalue weighted by Gasteiger charge is 2.06. The van der Waals surface area contributed by atoms with Crippen LogP contribution in [0.25, 0.3) is 0 Å². The molecule has 5 nitrogen and oxygen atoms in total. The van der Waals surface area contributed by atoms with Crippen LogP contribution in [0.15, 0.2) is 29.5 Å². The summed E-state index contributed by atoms with van der Waals surface area (Å²) >= 11 is 1.80. The van der Waals surface area contributed by atoms with Crippen LogP contribution in [0, 0.1) is 6.92 Å². The average Bonchev–Trinajstić information content (AvgIpc) is 3.15. The minimum Gasteiger partial charge on any atom is -0.356 e. The first kappa shape index (κ1) is 16.5. The lowest BCUT2D eigenvalue weighted by Gasteiger charge is -2.11. The van der Waals surface area contributed by atoms with Crippen molar-refractivity contribution < 1.29 is 0 Å². The van der Waals surface area contributed by atoms with Gasteiger partial charge in [-0.2, -0.15) is 0 Å². The number of thiazole rings is 1. The lowest BCUT2D eigenvalue weighted by atomic mass is 10.3. The average molecular weight is 319 g/mol. The Morgan fingerprint density at radius 3 is 2.64 bits per heavy atom. The van der Waals surface area contributed by atoms with Crippen LogP contribution in [0.5, 0.6) is 0 Å². The van der Waals surface area contributed by atoms with Gasteiger partial charge in [-0.25, -0.2) is 4.98 Å². The molecule has 6 heteroatoms. The fraction of sp³-hybridized carbons (Fsp3) is 0.500. The molecule has 0 atom stereocenters. The molecule has 0 spiro atoms. The van der Waals surface area contributed by atoms with Gasteiger partial charge in [0.2, 0.25) is 0 Å². The van der Waals surface area contributed by atoms with Crippen LogP contribution >= 0.6 is 11.3 Å². The van der Waals surface area contributed by atoms with Crippen LogP contribution in [0.1, 0.15) is 22.5 Å². The van der Waals surface area contributed by atoms with E-state index in [9.17, 15) is 0 Å². The summed E-state index contributed by atoms with van der Waals surface area (Å²) in [6, 6.07) is 4.07. The Balaban J connectivity index is 1.69. The van der Waals surface area contributed by atoms with Gasteiger partial charge in [0.15, 0.2) is 5.96 Å². The summed E-state index contributed by atoms with van der Waals surface area (Å²) < 4.78 is 2.14. The van der Waals surface area contributed by atoms with E-state index in [4.69, 9.17) is 0 Å². The summed E-state index contributed by atoms with van der Waals surface area (Å²) in [6.07, 6.45) is 6.07. The van der Waals surface area contributed by atoms with Crippen molar-refractivity contribution in [2.75, 3.05) is 20.1 Å². The second kappa shape index (κ2) is 8.58. The summed E-state index contributed by atoms with van der Waals surface area (Å²) in [5, 5.41) is 7.86. The Hall–Kier alpha value is -1.82. The van der Waals surface area contributed by atoms with Gasteiger partial charge in [0, 0.05) is 50.4 Å². The van der Waals surface area contributed by atoms with Gasteiger partial charge in [0.1, 0.15) is 0 Å². The highest BCUT2D eigenvalue weighted by atomic mass is 32.1. The molecule has 2 heterocycles. The van der Waals surface area contributed by atoms with Crippen molar-refractivity contribution in [3.8, 4) is 0 Å². The van der Waals surface area contributed by atoms with E-state index >= 15 is 0 Å². The first-order valence-electron chi connectivity index (χ1n) is 7.73. The molecule has 120 valence electrons. The Bertz CT molecular complexity index is 586. The van der Waals surface area contributed by atoms with E-state index in [0.717, 1.165) is 38.4 Å². The molecule has 2 aromatic heterocycles. The van der Waals surface area contributed by atoms with Crippen LogP contribution in [0.2, 0.25) is 0 Å². The second-order valence-electron chi connectivity index (χ2n) is 5.06. The van der Waals surface area contributed by atoms with Crippen molar-refractivity contribution in [3.63, 3.8) is 0 Å². The molecular weight excluding hydrogens is 294 g/mol. The highest BCUT2D eigenvalue weighted by Crippen LogP contribution is 2.17. The van der Waals surface area contributed by atoms with Crippen LogP contribution in [0.3, 0.4) is 0 Å². The van der Waals surface area contributed by atoms with E-state index in [0.29, 0.717) is 0 Å². The zero-order valence-corrected chi connectivity index (χ0v) is 14.4. The molecule has 0 fully saturated rings. The standard InChI is InChI=1S/C16H25N5S/c1-4-14-13(2)22-15(20-14)7-8-18-16(17-3)19-9-12-21-10-5-6-11-21/h5-6,10-11H,4,7-9,12H2,1-3H3,(H2,17,18,19). The number of aliphatic imine (C=N–C) groups is 1. The largest absolute Gasteiger partial charge is 0.356 e. The summed E-state index contributed by atoms with van der Waals surface area (Å²) in [6.45, 7) is 6.93. The van der Waals surface area contributed by atoms with Crippen LogP contribution in [-0.4, -0.2) is 35.6 Å². The molecule has 0 bridgehead atoms. The zero-order valence-electron chi connectivity index (χ0n) is 13.6. The van der Waals surface area contributed by atoms with Crippen LogP contribution in [0.4, 0.5) is 0 Å². The first-order valence-corrected chi connectivity index (χ1v) is 8.55. The van der Waals surface area contributed by atoms with E-state index in [1.54, 1.807) is 18.4 Å². The maximum absolute atomic E-state index is 4.66. The number of aryl methyl sites for hydroxylation is 2. The number of hydrogen-bond acceptors (Lipinski definition) is 3. The van der Waals surface area contributed by atoms with Crippen molar-refractivity contribution >= 4 is 17.3 Å². The topological polar surface area (TPSA) is 54.2 Å².